The topological polar surface area (TPSA) is 59.4 Å². The Morgan fingerprint density at radius 1 is 1.27 bits per heavy atom. The number of carbonyl (C=O) groups excluding carboxylic acids is 1. The zero-order chi connectivity index (χ0) is 15.5. The molecule has 0 spiro atoms. The number of nitrogens with one attached hydrogen (secondary N) is 1. The Balaban J connectivity index is 1.55. The summed E-state index contributed by atoms with van der Waals surface area (Å²) < 4.78 is 6.82. The van der Waals surface area contributed by atoms with Gasteiger partial charge in [0.05, 0.1) is 12.7 Å². The zero-order valence-corrected chi connectivity index (χ0v) is 12.9. The van der Waals surface area contributed by atoms with Gasteiger partial charge in [-0.15, -0.1) is 0 Å². The number of hydrogen-bond donors (Lipinski definition) is 1. The van der Waals surface area contributed by atoms with Crippen LogP contribution in [0.1, 0.15) is 16.8 Å². The molecule has 0 unspecified atom stereocenters. The maximum Gasteiger partial charge on any atom is 0.414 e. The summed E-state index contributed by atoms with van der Waals surface area (Å²) in [6, 6.07) is 7.98. The lowest BCUT2D eigenvalue weighted by Gasteiger charge is -2.13. The van der Waals surface area contributed by atoms with E-state index >= 15 is 0 Å². The van der Waals surface area contributed by atoms with Crippen molar-refractivity contribution >= 4 is 11.8 Å². The molecule has 0 radical (unpaired) electrons. The van der Waals surface area contributed by atoms with Gasteiger partial charge in [0.25, 0.3) is 0 Å². The van der Waals surface area contributed by atoms with Gasteiger partial charge < -0.3 is 10.1 Å². The first-order chi connectivity index (χ1) is 10.6. The summed E-state index contributed by atoms with van der Waals surface area (Å²) in [6.07, 6.45) is 1.63. The molecule has 6 nitrogen and oxygen atoms in total. The molecule has 1 saturated heterocycles. The molecule has 6 heteroatoms. The van der Waals surface area contributed by atoms with Crippen molar-refractivity contribution in [2.75, 3.05) is 18.1 Å². The van der Waals surface area contributed by atoms with Crippen LogP contribution in [0.25, 0.3) is 0 Å². The van der Waals surface area contributed by atoms with Gasteiger partial charge in [0, 0.05) is 37.1 Å². The van der Waals surface area contributed by atoms with Crippen molar-refractivity contribution < 1.29 is 9.53 Å². The van der Waals surface area contributed by atoms with Crippen molar-refractivity contribution in [1.82, 2.24) is 15.1 Å². The molecule has 1 aromatic carbocycles. The van der Waals surface area contributed by atoms with Crippen molar-refractivity contribution in [3.8, 4) is 0 Å². The largest absolute Gasteiger partial charge is 0.447 e. The van der Waals surface area contributed by atoms with E-state index in [2.05, 4.69) is 17.3 Å². The molecule has 1 aromatic heterocycles. The molecule has 1 N–H and O–H groups in total. The summed E-state index contributed by atoms with van der Waals surface area (Å²) >= 11 is 0. The Morgan fingerprint density at radius 3 is 2.64 bits per heavy atom. The van der Waals surface area contributed by atoms with Crippen molar-refractivity contribution in [3.63, 3.8) is 0 Å². The number of rotatable bonds is 5. The molecule has 0 bridgehead atoms. The molecule has 1 aliphatic heterocycles. The van der Waals surface area contributed by atoms with Crippen molar-refractivity contribution in [3.05, 3.63) is 47.3 Å². The predicted octanol–water partition coefficient (Wildman–Crippen LogP) is 1.97. The Bertz CT molecular complexity index is 663. The number of benzene rings is 1. The smallest absolute Gasteiger partial charge is 0.414 e. The molecule has 3 rings (SSSR count). The Morgan fingerprint density at radius 2 is 2.05 bits per heavy atom. The van der Waals surface area contributed by atoms with Crippen molar-refractivity contribution in [2.24, 2.45) is 7.05 Å². The highest BCUT2D eigenvalue weighted by Crippen LogP contribution is 2.19. The van der Waals surface area contributed by atoms with Crippen LogP contribution in [0.3, 0.4) is 0 Å². The first-order valence-corrected chi connectivity index (χ1v) is 7.36. The molecular weight excluding hydrogens is 280 g/mol. The van der Waals surface area contributed by atoms with E-state index in [1.807, 2.05) is 42.2 Å². The summed E-state index contributed by atoms with van der Waals surface area (Å²) in [5.74, 6) is 0. The average Bonchev–Trinajstić information content (AvgIpc) is 3.08. The second-order valence-electron chi connectivity index (χ2n) is 5.41. The number of carbonyl (C=O) groups is 1. The van der Waals surface area contributed by atoms with Crippen molar-refractivity contribution in [1.29, 1.82) is 0 Å². The minimum atomic E-state index is -0.266. The van der Waals surface area contributed by atoms with Gasteiger partial charge in [-0.3, -0.25) is 9.58 Å². The second-order valence-corrected chi connectivity index (χ2v) is 5.41. The van der Waals surface area contributed by atoms with Crippen LogP contribution in [0.2, 0.25) is 0 Å². The van der Waals surface area contributed by atoms with E-state index in [9.17, 15) is 4.79 Å². The van der Waals surface area contributed by atoms with Crippen molar-refractivity contribution in [2.45, 2.75) is 20.0 Å². The summed E-state index contributed by atoms with van der Waals surface area (Å²) in [5.41, 5.74) is 4.45. The lowest BCUT2D eigenvalue weighted by Crippen LogP contribution is -2.23. The highest BCUT2D eigenvalue weighted by molar-refractivity contribution is 5.89. The molecule has 1 amide bonds. The minimum absolute atomic E-state index is 0.266. The van der Waals surface area contributed by atoms with Gasteiger partial charge in [0.1, 0.15) is 6.61 Å². The van der Waals surface area contributed by atoms with E-state index in [-0.39, 0.29) is 6.09 Å². The summed E-state index contributed by atoms with van der Waals surface area (Å²) in [6.45, 7) is 4.72. The Kier molecular flexibility index (Phi) is 4.11. The molecular formula is C16H20N4O2. The molecule has 0 saturated carbocycles. The van der Waals surface area contributed by atoms with Gasteiger partial charge in [-0.2, -0.15) is 5.10 Å². The van der Waals surface area contributed by atoms with Crippen LogP contribution in [-0.2, 0) is 24.9 Å². The van der Waals surface area contributed by atoms with Gasteiger partial charge in [0.2, 0.25) is 0 Å². The molecule has 22 heavy (non-hydrogen) atoms. The van der Waals surface area contributed by atoms with E-state index in [1.165, 1.54) is 16.8 Å². The van der Waals surface area contributed by atoms with E-state index in [1.54, 1.807) is 4.90 Å². The van der Waals surface area contributed by atoms with Gasteiger partial charge in [-0.05, 0) is 24.6 Å². The number of anilines is 1. The van der Waals surface area contributed by atoms with Crippen LogP contribution in [0.5, 0.6) is 0 Å². The fourth-order valence-corrected chi connectivity index (χ4v) is 2.48. The number of aromatic nitrogens is 2. The van der Waals surface area contributed by atoms with Gasteiger partial charge in [-0.25, -0.2) is 4.79 Å². The first-order valence-electron chi connectivity index (χ1n) is 7.36. The molecule has 2 heterocycles. The number of cyclic esters (lactones) is 1. The number of aryl methyl sites for hydroxylation is 1. The zero-order valence-electron chi connectivity index (χ0n) is 12.9. The first kappa shape index (κ1) is 14.6. The standard InChI is InChI=1S/C16H20N4O2/c1-12-14(11-18-19(12)2)10-17-9-13-3-5-15(6-4-13)20-7-8-22-16(20)21/h3-6,11,17H,7-10H2,1-2H3. The fraction of sp³-hybridized carbons (Fsp3) is 0.375. The van der Waals surface area contributed by atoms with Gasteiger partial charge in [0.15, 0.2) is 0 Å². The predicted molar refractivity (Wildman–Crippen MR) is 83.6 cm³/mol. The highest BCUT2D eigenvalue weighted by atomic mass is 16.6. The molecule has 0 atom stereocenters. The molecule has 1 fully saturated rings. The maximum absolute atomic E-state index is 11.5. The molecule has 0 aliphatic carbocycles. The number of amides is 1. The quantitative estimate of drug-likeness (QED) is 0.917. The minimum Gasteiger partial charge on any atom is -0.447 e. The van der Waals surface area contributed by atoms with Crippen LogP contribution >= 0.6 is 0 Å². The SMILES string of the molecule is Cc1c(CNCc2ccc(N3CCOC3=O)cc2)cnn1C. The number of hydrogen-bond acceptors (Lipinski definition) is 4. The molecule has 1 aliphatic rings. The van der Waals surface area contributed by atoms with E-state index in [0.29, 0.717) is 13.2 Å². The third kappa shape index (κ3) is 2.96. The third-order valence-electron chi connectivity index (χ3n) is 3.99. The van der Waals surface area contributed by atoms with Crippen LogP contribution in [0, 0.1) is 6.92 Å². The van der Waals surface area contributed by atoms with Crippen LogP contribution in [0.15, 0.2) is 30.5 Å². The van der Waals surface area contributed by atoms with E-state index < -0.39 is 0 Å². The average molecular weight is 300 g/mol. The molecule has 116 valence electrons. The van der Waals surface area contributed by atoms with Crippen LogP contribution < -0.4 is 10.2 Å². The summed E-state index contributed by atoms with van der Waals surface area (Å²) in [5, 5.41) is 7.64. The lowest BCUT2D eigenvalue weighted by molar-refractivity contribution is 0.181. The maximum atomic E-state index is 11.5. The van der Waals surface area contributed by atoms with Gasteiger partial charge >= 0.3 is 6.09 Å². The second kappa shape index (κ2) is 6.19. The normalized spacial score (nSPS) is 14.5. The summed E-state index contributed by atoms with van der Waals surface area (Å²) in [7, 11) is 1.95. The lowest BCUT2D eigenvalue weighted by atomic mass is 10.2. The monoisotopic (exact) mass is 300 g/mol. The number of ether oxygens (including phenoxy) is 1. The number of nitrogens with zero attached hydrogens (tertiary/aromatic N) is 3. The summed E-state index contributed by atoms with van der Waals surface area (Å²) in [4.78, 5) is 13.2. The van der Waals surface area contributed by atoms with Crippen LogP contribution in [0.4, 0.5) is 10.5 Å². The van der Waals surface area contributed by atoms with E-state index in [4.69, 9.17) is 4.74 Å². The van der Waals surface area contributed by atoms with Gasteiger partial charge in [-0.1, -0.05) is 12.1 Å². The fourth-order valence-electron chi connectivity index (χ4n) is 2.48. The molecule has 2 aromatic rings. The third-order valence-corrected chi connectivity index (χ3v) is 3.99. The Hall–Kier alpha value is -2.34. The van der Waals surface area contributed by atoms with Crippen LogP contribution in [-0.4, -0.2) is 29.0 Å². The van der Waals surface area contributed by atoms with E-state index in [0.717, 1.165) is 18.8 Å². The highest BCUT2D eigenvalue weighted by Gasteiger charge is 2.23. The Labute approximate surface area is 129 Å².